The van der Waals surface area contributed by atoms with Crippen molar-refractivity contribution in [2.24, 2.45) is 0 Å². The van der Waals surface area contributed by atoms with Crippen molar-refractivity contribution in [3.63, 3.8) is 0 Å². The topological polar surface area (TPSA) is 47.9 Å². The van der Waals surface area contributed by atoms with E-state index >= 15 is 0 Å². The second kappa shape index (κ2) is 6.12. The van der Waals surface area contributed by atoms with Gasteiger partial charge in [0.15, 0.2) is 0 Å². The largest absolute Gasteiger partial charge is 0.496 e. The number of hydrogen-bond acceptors (Lipinski definition) is 4. The molecule has 1 unspecified atom stereocenters. The maximum absolute atomic E-state index is 10.8. The molecule has 0 spiro atoms. The first-order valence-corrected chi connectivity index (χ1v) is 8.54. The van der Waals surface area contributed by atoms with Crippen LogP contribution in [0.5, 0.6) is 17.2 Å². The van der Waals surface area contributed by atoms with Crippen molar-refractivity contribution in [3.8, 4) is 17.2 Å². The number of fused-ring (bicyclic) bond motifs is 3. The number of methoxy groups -OCH3 is 1. The maximum Gasteiger partial charge on any atom is 0.136 e. The molecule has 2 aliphatic heterocycles. The predicted molar refractivity (Wildman–Crippen MR) is 95.3 cm³/mol. The summed E-state index contributed by atoms with van der Waals surface area (Å²) in [7, 11) is 1.60. The number of ether oxygens (including phenoxy) is 3. The third-order valence-electron chi connectivity index (χ3n) is 4.97. The van der Waals surface area contributed by atoms with E-state index < -0.39 is 6.10 Å². The number of benzene rings is 2. The average Bonchev–Trinajstić information content (AvgIpc) is 3.06. The lowest BCUT2D eigenvalue weighted by molar-refractivity contribution is 0.0625. The Kier molecular flexibility index (Phi) is 3.92. The van der Waals surface area contributed by atoms with Crippen molar-refractivity contribution in [1.29, 1.82) is 0 Å². The van der Waals surface area contributed by atoms with Crippen LogP contribution in [0.4, 0.5) is 0 Å². The molecule has 2 aliphatic rings. The lowest BCUT2D eigenvalue weighted by Crippen LogP contribution is -2.21. The van der Waals surface area contributed by atoms with Gasteiger partial charge < -0.3 is 19.3 Å². The first-order chi connectivity index (χ1) is 12.1. The molecule has 25 heavy (non-hydrogen) atoms. The molecule has 1 N–H and O–H groups in total. The van der Waals surface area contributed by atoms with Crippen LogP contribution >= 0.6 is 0 Å². The summed E-state index contributed by atoms with van der Waals surface area (Å²) in [5.74, 6) is 2.06. The Labute approximate surface area is 147 Å². The van der Waals surface area contributed by atoms with Gasteiger partial charge in [-0.15, -0.1) is 0 Å². The van der Waals surface area contributed by atoms with Crippen molar-refractivity contribution in [1.82, 2.24) is 0 Å². The highest BCUT2D eigenvalue weighted by Gasteiger charge is 2.37. The molecule has 4 heteroatoms. The number of rotatable bonds is 3. The van der Waals surface area contributed by atoms with Gasteiger partial charge in [0.25, 0.3) is 0 Å². The van der Waals surface area contributed by atoms with Gasteiger partial charge in [-0.05, 0) is 18.1 Å². The number of hydrogen-bond donors (Lipinski definition) is 1. The number of aliphatic hydroxyl groups is 1. The first-order valence-electron chi connectivity index (χ1n) is 8.54. The zero-order valence-electron chi connectivity index (χ0n) is 14.5. The lowest BCUT2D eigenvalue weighted by atomic mass is 9.91. The van der Waals surface area contributed by atoms with E-state index in [-0.39, 0.29) is 12.2 Å². The highest BCUT2D eigenvalue weighted by Crippen LogP contribution is 2.52. The van der Waals surface area contributed by atoms with Crippen LogP contribution in [-0.2, 0) is 6.42 Å². The molecular formula is C21H22O4. The van der Waals surface area contributed by atoms with Gasteiger partial charge in [-0.3, -0.25) is 0 Å². The Bertz CT molecular complexity index is 812. The summed E-state index contributed by atoms with van der Waals surface area (Å²) in [6.45, 7) is 5.97. The molecule has 2 heterocycles. The molecule has 0 amide bonds. The fourth-order valence-corrected chi connectivity index (χ4v) is 3.63. The molecule has 0 radical (unpaired) electrons. The highest BCUT2D eigenvalue weighted by atomic mass is 16.5. The van der Waals surface area contributed by atoms with Crippen molar-refractivity contribution >= 4 is 0 Å². The minimum atomic E-state index is -0.641. The lowest BCUT2D eigenvalue weighted by Gasteiger charge is -2.32. The fraction of sp³-hybridized carbons (Fsp3) is 0.333. The van der Waals surface area contributed by atoms with Gasteiger partial charge in [0.05, 0.1) is 18.8 Å². The van der Waals surface area contributed by atoms with Crippen LogP contribution in [0.1, 0.15) is 42.2 Å². The average molecular weight is 338 g/mol. The van der Waals surface area contributed by atoms with Gasteiger partial charge >= 0.3 is 0 Å². The Balaban J connectivity index is 1.79. The van der Waals surface area contributed by atoms with Crippen LogP contribution in [0.15, 0.2) is 48.6 Å². The van der Waals surface area contributed by atoms with E-state index in [1.54, 1.807) is 7.11 Å². The van der Waals surface area contributed by atoms with Gasteiger partial charge in [-0.2, -0.15) is 0 Å². The van der Waals surface area contributed by atoms with E-state index in [9.17, 15) is 5.11 Å². The summed E-state index contributed by atoms with van der Waals surface area (Å²) in [5.41, 5.74) is 3.74. The first kappa shape index (κ1) is 16.0. The van der Waals surface area contributed by atoms with Gasteiger partial charge in [0, 0.05) is 24.5 Å². The van der Waals surface area contributed by atoms with Crippen LogP contribution in [0, 0.1) is 0 Å². The van der Waals surface area contributed by atoms with Crippen LogP contribution in [0.25, 0.3) is 0 Å². The zero-order chi connectivity index (χ0) is 17.6. The SMILES string of the molecule is C=C(C)C1Cc2c(cc(OC)c3c2O[C@H](c2ccccc2)C[C@H]3O)O1. The molecule has 0 saturated carbocycles. The summed E-state index contributed by atoms with van der Waals surface area (Å²) in [6, 6.07) is 11.8. The summed E-state index contributed by atoms with van der Waals surface area (Å²) in [6.07, 6.45) is 0.299. The molecule has 2 aromatic rings. The molecule has 130 valence electrons. The molecule has 0 aliphatic carbocycles. The number of aliphatic hydroxyl groups excluding tert-OH is 1. The summed E-state index contributed by atoms with van der Waals surface area (Å²) >= 11 is 0. The van der Waals surface area contributed by atoms with Crippen molar-refractivity contribution in [2.75, 3.05) is 7.11 Å². The molecule has 0 saturated heterocycles. The molecule has 0 aromatic heterocycles. The molecular weight excluding hydrogens is 316 g/mol. The van der Waals surface area contributed by atoms with Crippen LogP contribution in [0.2, 0.25) is 0 Å². The van der Waals surface area contributed by atoms with Crippen molar-refractivity contribution in [3.05, 3.63) is 65.2 Å². The second-order valence-electron chi connectivity index (χ2n) is 6.72. The van der Waals surface area contributed by atoms with E-state index in [2.05, 4.69) is 6.58 Å². The summed E-state index contributed by atoms with van der Waals surface area (Å²) < 4.78 is 17.9. The van der Waals surface area contributed by atoms with E-state index in [1.807, 2.05) is 43.3 Å². The fourth-order valence-electron chi connectivity index (χ4n) is 3.63. The van der Waals surface area contributed by atoms with Gasteiger partial charge in [0.1, 0.15) is 29.5 Å². The Morgan fingerprint density at radius 2 is 2.00 bits per heavy atom. The summed E-state index contributed by atoms with van der Waals surface area (Å²) in [4.78, 5) is 0. The molecule has 2 aromatic carbocycles. The minimum Gasteiger partial charge on any atom is -0.496 e. The molecule has 4 rings (SSSR count). The van der Waals surface area contributed by atoms with E-state index in [1.165, 1.54) is 0 Å². The third kappa shape index (κ3) is 2.67. The molecule has 4 nitrogen and oxygen atoms in total. The zero-order valence-corrected chi connectivity index (χ0v) is 14.5. The Hall–Kier alpha value is -2.46. The monoisotopic (exact) mass is 338 g/mol. The highest BCUT2D eigenvalue weighted by molar-refractivity contribution is 5.61. The van der Waals surface area contributed by atoms with E-state index in [0.29, 0.717) is 24.3 Å². The third-order valence-corrected chi connectivity index (χ3v) is 4.97. The Morgan fingerprint density at radius 1 is 1.24 bits per heavy atom. The van der Waals surface area contributed by atoms with Crippen molar-refractivity contribution < 1.29 is 19.3 Å². The van der Waals surface area contributed by atoms with Crippen LogP contribution in [-0.4, -0.2) is 18.3 Å². The molecule has 0 fully saturated rings. The van der Waals surface area contributed by atoms with Crippen LogP contribution < -0.4 is 14.2 Å². The second-order valence-corrected chi connectivity index (χ2v) is 6.72. The molecule has 0 bridgehead atoms. The van der Waals surface area contributed by atoms with Crippen molar-refractivity contribution in [2.45, 2.75) is 38.1 Å². The van der Waals surface area contributed by atoms with E-state index in [0.717, 1.165) is 28.0 Å². The van der Waals surface area contributed by atoms with Crippen LogP contribution in [0.3, 0.4) is 0 Å². The Morgan fingerprint density at radius 3 is 2.68 bits per heavy atom. The van der Waals surface area contributed by atoms with Gasteiger partial charge in [-0.1, -0.05) is 36.9 Å². The standard InChI is InChI=1S/C21H22O4/c1-12(2)16-9-14-18(24-16)11-19(23-3)20-15(22)10-17(25-21(14)20)13-7-5-4-6-8-13/h4-8,11,15-17,22H,1,9-10H2,2-3H3/t15-,16?,17+/m1/s1. The van der Waals surface area contributed by atoms with E-state index in [4.69, 9.17) is 14.2 Å². The smallest absolute Gasteiger partial charge is 0.136 e. The summed E-state index contributed by atoms with van der Waals surface area (Å²) in [5, 5.41) is 10.8. The minimum absolute atomic E-state index is 0.0657. The predicted octanol–water partition coefficient (Wildman–Crippen LogP) is 4.13. The van der Waals surface area contributed by atoms with Gasteiger partial charge in [-0.25, -0.2) is 0 Å². The normalized spacial score (nSPS) is 23.9. The maximum atomic E-state index is 10.8. The van der Waals surface area contributed by atoms with Gasteiger partial charge in [0.2, 0.25) is 0 Å². The molecule has 3 atom stereocenters. The quantitative estimate of drug-likeness (QED) is 0.855.